The first-order chi connectivity index (χ1) is 11.1. The fourth-order valence-corrected chi connectivity index (χ4v) is 4.14. The maximum atomic E-state index is 12.4. The summed E-state index contributed by atoms with van der Waals surface area (Å²) in [6.07, 6.45) is 2.92. The Kier molecular flexibility index (Phi) is 3.64. The van der Waals surface area contributed by atoms with Crippen molar-refractivity contribution >= 4 is 16.8 Å². The Morgan fingerprint density at radius 3 is 2.87 bits per heavy atom. The molecule has 4 rings (SSSR count). The van der Waals surface area contributed by atoms with E-state index >= 15 is 0 Å². The number of H-pyrrole nitrogens is 1. The van der Waals surface area contributed by atoms with Crippen LogP contribution in [0, 0.1) is 17.8 Å². The van der Waals surface area contributed by atoms with Crippen molar-refractivity contribution in [2.24, 2.45) is 17.8 Å². The number of likely N-dealkylation sites (tertiary alicyclic amines) is 1. The summed E-state index contributed by atoms with van der Waals surface area (Å²) in [7, 11) is 0. The molecule has 0 spiro atoms. The molecular weight excluding hydrogens is 286 g/mol. The number of piperidine rings is 1. The fraction of sp³-hybridized carbons (Fsp3) is 0.526. The van der Waals surface area contributed by atoms with Crippen LogP contribution in [0.1, 0.15) is 19.4 Å². The summed E-state index contributed by atoms with van der Waals surface area (Å²) in [6.45, 7) is 7.27. The summed E-state index contributed by atoms with van der Waals surface area (Å²) in [6, 6.07) is 8.30. The van der Waals surface area contributed by atoms with Crippen LogP contribution in [0.4, 0.5) is 0 Å². The third-order valence-corrected chi connectivity index (χ3v) is 5.95. The molecule has 2 unspecified atom stereocenters. The van der Waals surface area contributed by atoms with Crippen molar-refractivity contribution in [2.75, 3.05) is 19.6 Å². The van der Waals surface area contributed by atoms with Crippen LogP contribution < -0.4 is 5.32 Å². The van der Waals surface area contributed by atoms with Crippen LogP contribution in [0.15, 0.2) is 30.5 Å². The number of amides is 1. The number of rotatable bonds is 5. The molecule has 1 aliphatic heterocycles. The van der Waals surface area contributed by atoms with Gasteiger partial charge >= 0.3 is 0 Å². The summed E-state index contributed by atoms with van der Waals surface area (Å²) in [5, 5.41) is 4.36. The van der Waals surface area contributed by atoms with Gasteiger partial charge in [0.2, 0.25) is 5.91 Å². The SMILES string of the molecule is CC1[C@H]2CN(C(C)C(=O)NCCc3c[nH]c4ccccc34)C[C@@H]12. The Morgan fingerprint density at radius 1 is 1.35 bits per heavy atom. The number of nitrogens with one attached hydrogen (secondary N) is 2. The van der Waals surface area contributed by atoms with E-state index in [1.54, 1.807) is 0 Å². The van der Waals surface area contributed by atoms with Crippen molar-refractivity contribution in [2.45, 2.75) is 26.3 Å². The average Bonchev–Trinajstić information content (AvgIpc) is 2.98. The van der Waals surface area contributed by atoms with E-state index in [0.717, 1.165) is 42.8 Å². The van der Waals surface area contributed by atoms with Crippen LogP contribution >= 0.6 is 0 Å². The van der Waals surface area contributed by atoms with E-state index in [1.807, 2.05) is 13.0 Å². The molecule has 2 N–H and O–H groups in total. The minimum Gasteiger partial charge on any atom is -0.361 e. The highest BCUT2D eigenvalue weighted by molar-refractivity contribution is 5.83. The lowest BCUT2D eigenvalue weighted by molar-refractivity contribution is -0.125. The summed E-state index contributed by atoms with van der Waals surface area (Å²) in [5.74, 6) is 2.73. The molecule has 1 aromatic carbocycles. The standard InChI is InChI=1S/C19H25N3O/c1-12-16-10-22(11-17(12)16)13(2)19(23)20-8-7-14-9-21-18-6-4-3-5-15(14)18/h3-6,9,12-13,16-17,21H,7-8,10-11H2,1-2H3,(H,20,23)/t12?,13?,16-,17+. The minimum atomic E-state index is -0.00188. The van der Waals surface area contributed by atoms with E-state index in [0.29, 0.717) is 6.54 Å². The van der Waals surface area contributed by atoms with Gasteiger partial charge < -0.3 is 10.3 Å². The van der Waals surface area contributed by atoms with Gasteiger partial charge in [-0.15, -0.1) is 0 Å². The van der Waals surface area contributed by atoms with Gasteiger partial charge in [0.1, 0.15) is 0 Å². The first-order valence-corrected chi connectivity index (χ1v) is 8.72. The third kappa shape index (κ3) is 2.65. The Hall–Kier alpha value is -1.81. The molecule has 0 bridgehead atoms. The van der Waals surface area contributed by atoms with Gasteiger partial charge in [-0.1, -0.05) is 25.1 Å². The van der Waals surface area contributed by atoms with Gasteiger partial charge in [-0.05, 0) is 42.7 Å². The molecule has 1 saturated heterocycles. The van der Waals surface area contributed by atoms with Gasteiger partial charge in [-0.25, -0.2) is 0 Å². The van der Waals surface area contributed by atoms with Crippen molar-refractivity contribution in [1.29, 1.82) is 0 Å². The maximum Gasteiger partial charge on any atom is 0.237 e. The molecule has 4 atom stereocenters. The molecule has 122 valence electrons. The Labute approximate surface area is 137 Å². The second-order valence-electron chi connectivity index (χ2n) is 7.22. The molecule has 4 nitrogen and oxygen atoms in total. The van der Waals surface area contributed by atoms with Crippen LogP contribution in [0.2, 0.25) is 0 Å². The molecule has 2 aliphatic rings. The molecule has 4 heteroatoms. The predicted octanol–water partition coefficient (Wildman–Crippen LogP) is 2.41. The summed E-state index contributed by atoms with van der Waals surface area (Å²) < 4.78 is 0. The van der Waals surface area contributed by atoms with Crippen molar-refractivity contribution in [3.05, 3.63) is 36.0 Å². The number of hydrogen-bond acceptors (Lipinski definition) is 2. The number of benzene rings is 1. The zero-order valence-electron chi connectivity index (χ0n) is 13.9. The van der Waals surface area contributed by atoms with Crippen LogP contribution in [-0.4, -0.2) is 41.5 Å². The summed E-state index contributed by atoms with van der Waals surface area (Å²) >= 11 is 0. The van der Waals surface area contributed by atoms with Crippen LogP contribution in [0.3, 0.4) is 0 Å². The number of carbonyl (C=O) groups is 1. The number of para-hydroxylation sites is 1. The maximum absolute atomic E-state index is 12.4. The molecular formula is C19H25N3O. The lowest BCUT2D eigenvalue weighted by Gasteiger charge is -2.25. The normalized spacial score (nSPS) is 27.8. The van der Waals surface area contributed by atoms with Crippen LogP contribution in [0.5, 0.6) is 0 Å². The predicted molar refractivity (Wildman–Crippen MR) is 92.2 cm³/mol. The quantitative estimate of drug-likeness (QED) is 0.891. The lowest BCUT2D eigenvalue weighted by atomic mass is 10.1. The van der Waals surface area contributed by atoms with Gasteiger partial charge in [-0.2, -0.15) is 0 Å². The molecule has 1 aliphatic carbocycles. The fourth-order valence-electron chi connectivity index (χ4n) is 4.14. The van der Waals surface area contributed by atoms with Gasteiger partial charge in [0.15, 0.2) is 0 Å². The minimum absolute atomic E-state index is 0.00188. The summed E-state index contributed by atoms with van der Waals surface area (Å²) in [5.41, 5.74) is 2.43. The molecule has 1 aromatic heterocycles. The molecule has 1 amide bonds. The lowest BCUT2D eigenvalue weighted by Crippen LogP contribution is -2.45. The van der Waals surface area contributed by atoms with Gasteiger partial charge in [-0.3, -0.25) is 9.69 Å². The van der Waals surface area contributed by atoms with Gasteiger partial charge in [0.25, 0.3) is 0 Å². The highest BCUT2D eigenvalue weighted by atomic mass is 16.2. The van der Waals surface area contributed by atoms with E-state index < -0.39 is 0 Å². The first kappa shape index (κ1) is 14.8. The first-order valence-electron chi connectivity index (χ1n) is 8.72. The largest absolute Gasteiger partial charge is 0.361 e. The molecule has 0 radical (unpaired) electrons. The van der Waals surface area contributed by atoms with E-state index in [1.165, 1.54) is 10.9 Å². The molecule has 2 fully saturated rings. The second kappa shape index (κ2) is 5.68. The number of aromatic nitrogens is 1. The molecule has 1 saturated carbocycles. The van der Waals surface area contributed by atoms with E-state index in [2.05, 4.69) is 46.5 Å². The van der Waals surface area contributed by atoms with Crippen LogP contribution in [0.25, 0.3) is 10.9 Å². The van der Waals surface area contributed by atoms with Crippen molar-refractivity contribution in [1.82, 2.24) is 15.2 Å². The van der Waals surface area contributed by atoms with Crippen molar-refractivity contribution < 1.29 is 4.79 Å². The number of fused-ring (bicyclic) bond motifs is 2. The Bertz CT molecular complexity index is 710. The zero-order chi connectivity index (χ0) is 16.0. The Morgan fingerprint density at radius 2 is 2.09 bits per heavy atom. The summed E-state index contributed by atoms with van der Waals surface area (Å²) in [4.78, 5) is 18.0. The number of hydrogen-bond donors (Lipinski definition) is 2. The highest BCUT2D eigenvalue weighted by Crippen LogP contribution is 2.51. The average molecular weight is 311 g/mol. The molecule has 2 aromatic rings. The number of nitrogens with zero attached hydrogens (tertiary/aromatic N) is 1. The Balaban J connectivity index is 1.28. The number of aromatic amines is 1. The molecule has 23 heavy (non-hydrogen) atoms. The van der Waals surface area contributed by atoms with Crippen molar-refractivity contribution in [3.8, 4) is 0 Å². The van der Waals surface area contributed by atoms with E-state index in [4.69, 9.17) is 0 Å². The van der Waals surface area contributed by atoms with Gasteiger partial charge in [0.05, 0.1) is 6.04 Å². The smallest absolute Gasteiger partial charge is 0.237 e. The topological polar surface area (TPSA) is 48.1 Å². The third-order valence-electron chi connectivity index (χ3n) is 5.95. The monoisotopic (exact) mass is 311 g/mol. The van der Waals surface area contributed by atoms with Crippen LogP contribution in [-0.2, 0) is 11.2 Å². The molecule has 2 heterocycles. The zero-order valence-corrected chi connectivity index (χ0v) is 13.9. The van der Waals surface area contributed by atoms with Gasteiger partial charge in [0, 0.05) is 36.7 Å². The highest BCUT2D eigenvalue weighted by Gasteiger charge is 2.53. The second-order valence-corrected chi connectivity index (χ2v) is 7.22. The van der Waals surface area contributed by atoms with Crippen molar-refractivity contribution in [3.63, 3.8) is 0 Å². The number of carbonyl (C=O) groups excluding carboxylic acids is 1. The van der Waals surface area contributed by atoms with E-state index in [9.17, 15) is 4.79 Å². The van der Waals surface area contributed by atoms with E-state index in [-0.39, 0.29) is 11.9 Å².